The molecule has 0 saturated carbocycles. The molecule has 1 fully saturated rings. The zero-order chi connectivity index (χ0) is 13.7. The fraction of sp³-hybridized carbons (Fsp3) is 0.714. The third kappa shape index (κ3) is 4.06. The summed E-state index contributed by atoms with van der Waals surface area (Å²) in [6, 6.07) is 0.467. The lowest BCUT2D eigenvalue weighted by Crippen LogP contribution is -2.40. The van der Waals surface area contributed by atoms with Crippen LogP contribution in [0.5, 0.6) is 5.88 Å². The largest absolute Gasteiger partial charge is 0.478 e. The molecular formula is C14H24N4O. The summed E-state index contributed by atoms with van der Waals surface area (Å²) in [5.74, 6) is 2.07. The number of methoxy groups -OCH3 is 1. The molecule has 106 valence electrons. The molecule has 0 aliphatic carbocycles. The van der Waals surface area contributed by atoms with Gasteiger partial charge in [-0.15, -0.1) is 0 Å². The molecule has 0 radical (unpaired) electrons. The first-order chi connectivity index (χ1) is 9.19. The van der Waals surface area contributed by atoms with Crippen LogP contribution in [-0.2, 0) is 0 Å². The summed E-state index contributed by atoms with van der Waals surface area (Å²) in [5, 5.41) is 3.45. The molecule has 5 nitrogen and oxygen atoms in total. The molecule has 0 atom stereocenters. The SMILES string of the molecule is COc1nccnc1NC1CCN(CC(C)C)CC1. The zero-order valence-corrected chi connectivity index (χ0v) is 12.1. The highest BCUT2D eigenvalue weighted by atomic mass is 16.5. The molecule has 19 heavy (non-hydrogen) atoms. The van der Waals surface area contributed by atoms with Crippen molar-refractivity contribution in [3.05, 3.63) is 12.4 Å². The highest BCUT2D eigenvalue weighted by molar-refractivity contribution is 5.45. The van der Waals surface area contributed by atoms with Crippen LogP contribution >= 0.6 is 0 Å². The summed E-state index contributed by atoms with van der Waals surface area (Å²) >= 11 is 0. The Morgan fingerprint density at radius 1 is 1.32 bits per heavy atom. The maximum Gasteiger partial charge on any atom is 0.257 e. The van der Waals surface area contributed by atoms with Gasteiger partial charge < -0.3 is 15.0 Å². The molecule has 0 amide bonds. The molecule has 1 aliphatic rings. The summed E-state index contributed by atoms with van der Waals surface area (Å²) in [5.41, 5.74) is 0. The van der Waals surface area contributed by atoms with Gasteiger partial charge in [-0.05, 0) is 18.8 Å². The van der Waals surface area contributed by atoms with Gasteiger partial charge in [0.1, 0.15) is 0 Å². The number of piperidine rings is 1. The summed E-state index contributed by atoms with van der Waals surface area (Å²) in [7, 11) is 1.63. The number of nitrogens with zero attached hydrogens (tertiary/aromatic N) is 3. The van der Waals surface area contributed by atoms with E-state index in [2.05, 4.69) is 34.0 Å². The Bertz CT molecular complexity index is 389. The summed E-state index contributed by atoms with van der Waals surface area (Å²) in [6.45, 7) is 8.04. The van der Waals surface area contributed by atoms with Crippen molar-refractivity contribution < 1.29 is 4.74 Å². The van der Waals surface area contributed by atoms with Gasteiger partial charge in [-0.1, -0.05) is 13.8 Å². The van der Waals surface area contributed by atoms with Crippen molar-refractivity contribution >= 4 is 5.82 Å². The molecule has 1 aromatic rings. The zero-order valence-electron chi connectivity index (χ0n) is 12.1. The van der Waals surface area contributed by atoms with Gasteiger partial charge in [-0.25, -0.2) is 9.97 Å². The van der Waals surface area contributed by atoms with Crippen LogP contribution in [-0.4, -0.2) is 47.7 Å². The summed E-state index contributed by atoms with van der Waals surface area (Å²) in [4.78, 5) is 11.0. The first-order valence-electron chi connectivity index (χ1n) is 7.03. The van der Waals surface area contributed by atoms with Crippen LogP contribution < -0.4 is 10.1 Å². The van der Waals surface area contributed by atoms with Crippen LogP contribution in [0, 0.1) is 5.92 Å². The van der Waals surface area contributed by atoms with Crippen molar-refractivity contribution in [2.24, 2.45) is 5.92 Å². The standard InChI is InChI=1S/C14H24N4O/c1-11(2)10-18-8-4-12(5-9-18)17-13-14(19-3)16-7-6-15-13/h6-7,11-12H,4-5,8-10H2,1-3H3,(H,15,17). The van der Waals surface area contributed by atoms with Crippen molar-refractivity contribution in [3.8, 4) is 5.88 Å². The molecule has 2 heterocycles. The van der Waals surface area contributed by atoms with Gasteiger partial charge >= 0.3 is 0 Å². The maximum atomic E-state index is 5.21. The number of aromatic nitrogens is 2. The fourth-order valence-corrected chi connectivity index (χ4v) is 2.54. The molecular weight excluding hydrogens is 240 g/mol. The number of nitrogens with one attached hydrogen (secondary N) is 1. The molecule has 1 aliphatic heterocycles. The van der Waals surface area contributed by atoms with E-state index in [9.17, 15) is 0 Å². The van der Waals surface area contributed by atoms with E-state index >= 15 is 0 Å². The normalized spacial score (nSPS) is 17.7. The molecule has 1 aromatic heterocycles. The van der Waals surface area contributed by atoms with Gasteiger partial charge in [0.15, 0.2) is 5.82 Å². The van der Waals surface area contributed by atoms with Gasteiger partial charge in [-0.2, -0.15) is 0 Å². The average Bonchev–Trinajstić information content (AvgIpc) is 2.41. The predicted molar refractivity (Wildman–Crippen MR) is 76.5 cm³/mol. The Labute approximate surface area is 115 Å². The Morgan fingerprint density at radius 2 is 2.00 bits per heavy atom. The second-order valence-corrected chi connectivity index (χ2v) is 5.53. The van der Waals surface area contributed by atoms with Gasteiger partial charge in [0.05, 0.1) is 7.11 Å². The molecule has 1 saturated heterocycles. The van der Waals surface area contributed by atoms with E-state index in [0.29, 0.717) is 11.9 Å². The van der Waals surface area contributed by atoms with E-state index in [-0.39, 0.29) is 0 Å². The topological polar surface area (TPSA) is 50.3 Å². The minimum atomic E-state index is 0.467. The van der Waals surface area contributed by atoms with E-state index in [4.69, 9.17) is 4.74 Å². The number of likely N-dealkylation sites (tertiary alicyclic amines) is 1. The van der Waals surface area contributed by atoms with Gasteiger partial charge in [0.2, 0.25) is 0 Å². The fourth-order valence-electron chi connectivity index (χ4n) is 2.54. The maximum absolute atomic E-state index is 5.21. The third-order valence-corrected chi connectivity index (χ3v) is 3.41. The van der Waals surface area contributed by atoms with Crippen LogP contribution in [0.15, 0.2) is 12.4 Å². The molecule has 0 aromatic carbocycles. The predicted octanol–water partition coefficient (Wildman–Crippen LogP) is 2.02. The minimum absolute atomic E-state index is 0.467. The van der Waals surface area contributed by atoms with E-state index < -0.39 is 0 Å². The van der Waals surface area contributed by atoms with Gasteiger partial charge in [0, 0.05) is 38.1 Å². The number of hydrogen-bond donors (Lipinski definition) is 1. The lowest BCUT2D eigenvalue weighted by Gasteiger charge is -2.33. The van der Waals surface area contributed by atoms with Crippen molar-refractivity contribution in [2.45, 2.75) is 32.7 Å². The van der Waals surface area contributed by atoms with Crippen molar-refractivity contribution in [1.82, 2.24) is 14.9 Å². The van der Waals surface area contributed by atoms with Crippen LogP contribution in [0.1, 0.15) is 26.7 Å². The quantitative estimate of drug-likeness (QED) is 0.881. The van der Waals surface area contributed by atoms with Crippen LogP contribution in [0.2, 0.25) is 0 Å². The Balaban J connectivity index is 1.85. The molecule has 2 rings (SSSR count). The van der Waals surface area contributed by atoms with Crippen LogP contribution in [0.25, 0.3) is 0 Å². The molecule has 0 spiro atoms. The Hall–Kier alpha value is -1.36. The first-order valence-corrected chi connectivity index (χ1v) is 7.03. The number of anilines is 1. The van der Waals surface area contributed by atoms with Crippen molar-refractivity contribution in [2.75, 3.05) is 32.1 Å². The Kier molecular flexibility index (Phi) is 4.96. The van der Waals surface area contributed by atoms with Crippen LogP contribution in [0.4, 0.5) is 5.82 Å². The monoisotopic (exact) mass is 264 g/mol. The van der Waals surface area contributed by atoms with Gasteiger partial charge in [-0.3, -0.25) is 0 Å². The van der Waals surface area contributed by atoms with E-state index in [1.807, 2.05) is 0 Å². The molecule has 0 unspecified atom stereocenters. The van der Waals surface area contributed by atoms with Crippen molar-refractivity contribution in [3.63, 3.8) is 0 Å². The molecule has 1 N–H and O–H groups in total. The minimum Gasteiger partial charge on any atom is -0.478 e. The average molecular weight is 264 g/mol. The highest BCUT2D eigenvalue weighted by Crippen LogP contribution is 2.21. The van der Waals surface area contributed by atoms with Gasteiger partial charge in [0.25, 0.3) is 5.88 Å². The molecule has 5 heteroatoms. The first kappa shape index (κ1) is 14.1. The lowest BCUT2D eigenvalue weighted by molar-refractivity contribution is 0.197. The number of ether oxygens (including phenoxy) is 1. The van der Waals surface area contributed by atoms with Crippen LogP contribution in [0.3, 0.4) is 0 Å². The summed E-state index contributed by atoms with van der Waals surface area (Å²) < 4.78 is 5.21. The number of hydrogen-bond acceptors (Lipinski definition) is 5. The number of rotatable bonds is 5. The van der Waals surface area contributed by atoms with E-state index in [1.165, 1.54) is 6.54 Å². The van der Waals surface area contributed by atoms with E-state index in [0.717, 1.165) is 37.7 Å². The third-order valence-electron chi connectivity index (χ3n) is 3.41. The second kappa shape index (κ2) is 6.70. The molecule has 0 bridgehead atoms. The van der Waals surface area contributed by atoms with E-state index in [1.54, 1.807) is 19.5 Å². The second-order valence-electron chi connectivity index (χ2n) is 5.53. The smallest absolute Gasteiger partial charge is 0.257 e. The highest BCUT2D eigenvalue weighted by Gasteiger charge is 2.20. The lowest BCUT2D eigenvalue weighted by atomic mass is 10.0. The summed E-state index contributed by atoms with van der Waals surface area (Å²) in [6.07, 6.45) is 5.63. The Morgan fingerprint density at radius 3 is 2.63 bits per heavy atom. The van der Waals surface area contributed by atoms with Crippen molar-refractivity contribution in [1.29, 1.82) is 0 Å².